The highest BCUT2D eigenvalue weighted by molar-refractivity contribution is 5.37. The van der Waals surface area contributed by atoms with Crippen LogP contribution in [-0.4, -0.2) is 20.2 Å². The van der Waals surface area contributed by atoms with Crippen molar-refractivity contribution in [2.75, 3.05) is 20.2 Å². The normalized spacial score (nSPS) is 12.6. The van der Waals surface area contributed by atoms with Gasteiger partial charge in [0.05, 0.1) is 0 Å². The Morgan fingerprint density at radius 2 is 1.57 bits per heavy atom. The Balaban J connectivity index is 2.37. The summed E-state index contributed by atoms with van der Waals surface area (Å²) in [6.07, 6.45) is 6.06. The molecule has 1 N–H and O–H groups in total. The fourth-order valence-corrected chi connectivity index (χ4v) is 3.17. The Bertz CT molecular complexity index is 576. The molecule has 2 aromatic carbocycles. The summed E-state index contributed by atoms with van der Waals surface area (Å²) in [5.41, 5.74) is 1.85. The molecular weight excluding hydrogens is 282 g/mol. The van der Waals surface area contributed by atoms with E-state index in [1.807, 2.05) is 12.1 Å². The van der Waals surface area contributed by atoms with E-state index in [1.54, 1.807) is 7.11 Å². The number of methoxy groups -OCH3 is 1. The maximum Gasteiger partial charge on any atom is 0.121 e. The summed E-state index contributed by atoms with van der Waals surface area (Å²) in [6, 6.07) is 20.8. The molecule has 1 atom stereocenters. The Labute approximate surface area is 139 Å². The van der Waals surface area contributed by atoms with Gasteiger partial charge in [-0.2, -0.15) is 0 Å². The van der Waals surface area contributed by atoms with E-state index in [4.69, 9.17) is 11.2 Å². The third-order valence-electron chi connectivity index (χ3n) is 4.32. The first-order valence-corrected chi connectivity index (χ1v) is 8.06. The van der Waals surface area contributed by atoms with Gasteiger partial charge in [-0.3, -0.25) is 0 Å². The largest absolute Gasteiger partial charge is 0.368 e. The molecule has 2 nitrogen and oxygen atoms in total. The highest BCUT2D eigenvalue weighted by Gasteiger charge is 2.39. The van der Waals surface area contributed by atoms with E-state index >= 15 is 0 Å². The molecule has 0 bridgehead atoms. The van der Waals surface area contributed by atoms with Crippen LogP contribution in [0.25, 0.3) is 0 Å². The first-order chi connectivity index (χ1) is 11.3. The molecule has 0 amide bonds. The van der Waals surface area contributed by atoms with Crippen molar-refractivity contribution >= 4 is 0 Å². The lowest BCUT2D eigenvalue weighted by Crippen LogP contribution is -2.42. The summed E-state index contributed by atoms with van der Waals surface area (Å²) in [5, 5.41) is 3.44. The molecule has 2 rings (SSSR count). The third-order valence-corrected chi connectivity index (χ3v) is 4.32. The van der Waals surface area contributed by atoms with Crippen LogP contribution in [0.3, 0.4) is 0 Å². The topological polar surface area (TPSA) is 21.3 Å². The van der Waals surface area contributed by atoms with Crippen LogP contribution in [0.4, 0.5) is 0 Å². The fraction of sp³-hybridized carbons (Fsp3) is 0.333. The molecule has 0 fully saturated rings. The number of ether oxygens (including phenoxy) is 1. The molecule has 23 heavy (non-hydrogen) atoms. The van der Waals surface area contributed by atoms with Crippen LogP contribution < -0.4 is 5.32 Å². The van der Waals surface area contributed by atoms with E-state index in [9.17, 15) is 0 Å². The van der Waals surface area contributed by atoms with Gasteiger partial charge in [0.25, 0.3) is 0 Å². The van der Waals surface area contributed by atoms with Gasteiger partial charge in [0.15, 0.2) is 0 Å². The number of benzene rings is 2. The van der Waals surface area contributed by atoms with Crippen molar-refractivity contribution in [3.63, 3.8) is 0 Å². The minimum absolute atomic E-state index is 0.245. The van der Waals surface area contributed by atoms with Crippen LogP contribution in [0.1, 0.15) is 24.5 Å². The monoisotopic (exact) mass is 307 g/mol. The molecule has 0 spiro atoms. The summed E-state index contributed by atoms with van der Waals surface area (Å²) >= 11 is 0. The van der Waals surface area contributed by atoms with E-state index in [0.29, 0.717) is 0 Å². The van der Waals surface area contributed by atoms with E-state index in [-0.39, 0.29) is 5.92 Å². The molecule has 0 aliphatic rings. The van der Waals surface area contributed by atoms with E-state index < -0.39 is 5.60 Å². The predicted octanol–water partition coefficient (Wildman–Crippen LogP) is 3.83. The molecule has 1 unspecified atom stereocenters. The predicted molar refractivity (Wildman–Crippen MR) is 96.2 cm³/mol. The first-order valence-electron chi connectivity index (χ1n) is 8.06. The highest BCUT2D eigenvalue weighted by atomic mass is 16.5. The van der Waals surface area contributed by atoms with E-state index in [2.05, 4.69) is 66.7 Å². The lowest BCUT2D eigenvalue weighted by atomic mass is 9.76. The van der Waals surface area contributed by atoms with Gasteiger partial charge in [-0.1, -0.05) is 67.6 Å². The van der Waals surface area contributed by atoms with Gasteiger partial charge in [-0.15, -0.1) is 12.3 Å². The summed E-state index contributed by atoms with van der Waals surface area (Å²) in [5.74, 6) is 2.91. The summed E-state index contributed by atoms with van der Waals surface area (Å²) < 4.78 is 6.15. The van der Waals surface area contributed by atoms with Crippen LogP contribution in [0, 0.1) is 18.3 Å². The molecule has 0 aromatic heterocycles. The molecule has 0 aliphatic carbocycles. The molecule has 0 saturated heterocycles. The van der Waals surface area contributed by atoms with Crippen molar-refractivity contribution in [3.05, 3.63) is 71.8 Å². The van der Waals surface area contributed by atoms with Crippen molar-refractivity contribution in [3.8, 4) is 12.3 Å². The van der Waals surface area contributed by atoms with Crippen LogP contribution in [0.2, 0.25) is 0 Å². The van der Waals surface area contributed by atoms with Gasteiger partial charge in [-0.25, -0.2) is 0 Å². The fourth-order valence-electron chi connectivity index (χ4n) is 3.17. The lowest BCUT2D eigenvalue weighted by Gasteiger charge is -2.39. The van der Waals surface area contributed by atoms with Crippen molar-refractivity contribution in [1.29, 1.82) is 0 Å². The van der Waals surface area contributed by atoms with Crippen molar-refractivity contribution in [1.82, 2.24) is 5.32 Å². The number of hydrogen-bond donors (Lipinski definition) is 1. The van der Waals surface area contributed by atoms with Crippen LogP contribution >= 0.6 is 0 Å². The van der Waals surface area contributed by atoms with Gasteiger partial charge < -0.3 is 10.1 Å². The molecule has 2 heteroatoms. The quantitative estimate of drug-likeness (QED) is 0.591. The second kappa shape index (κ2) is 8.53. The standard InChI is InChI=1S/C21H25NO/c1-4-5-16-22-17-18(2)21(23-3,19-12-8-6-9-13-19)20-14-10-7-11-15-20/h1,6-15,18,22H,5,16-17H2,2-3H3. The maximum absolute atomic E-state index is 6.15. The molecule has 0 saturated carbocycles. The first kappa shape index (κ1) is 17.3. The van der Waals surface area contributed by atoms with Crippen LogP contribution in [0.5, 0.6) is 0 Å². The maximum atomic E-state index is 6.15. The zero-order valence-corrected chi connectivity index (χ0v) is 14.0. The van der Waals surface area contributed by atoms with Crippen LogP contribution in [0.15, 0.2) is 60.7 Å². The van der Waals surface area contributed by atoms with Gasteiger partial charge in [0, 0.05) is 32.5 Å². The smallest absolute Gasteiger partial charge is 0.121 e. The Morgan fingerprint density at radius 3 is 2.00 bits per heavy atom. The van der Waals surface area contributed by atoms with E-state index in [1.165, 1.54) is 11.1 Å². The highest BCUT2D eigenvalue weighted by Crippen LogP contribution is 2.39. The SMILES string of the molecule is C#CCCNCC(C)C(OC)(c1ccccc1)c1ccccc1. The van der Waals surface area contributed by atoms with Gasteiger partial charge in [0.2, 0.25) is 0 Å². The lowest BCUT2D eigenvalue weighted by molar-refractivity contribution is -0.0230. The average Bonchev–Trinajstić information content (AvgIpc) is 2.62. The minimum atomic E-state index is -0.480. The summed E-state index contributed by atoms with van der Waals surface area (Å²) in [6.45, 7) is 3.87. The molecule has 2 aromatic rings. The Hall–Kier alpha value is -2.08. The Morgan fingerprint density at radius 1 is 1.04 bits per heavy atom. The van der Waals surface area contributed by atoms with Gasteiger partial charge >= 0.3 is 0 Å². The molecular formula is C21H25NO. The zero-order chi connectivity index (χ0) is 16.5. The third kappa shape index (κ3) is 3.82. The number of nitrogens with one attached hydrogen (secondary N) is 1. The molecule has 0 heterocycles. The molecule has 0 radical (unpaired) electrons. The molecule has 120 valence electrons. The Kier molecular flexibility index (Phi) is 6.40. The second-order valence-corrected chi connectivity index (χ2v) is 5.73. The number of hydrogen-bond acceptors (Lipinski definition) is 2. The number of rotatable bonds is 8. The average molecular weight is 307 g/mol. The molecule has 0 aliphatic heterocycles. The van der Waals surface area contributed by atoms with Crippen molar-refractivity contribution in [2.24, 2.45) is 5.92 Å². The van der Waals surface area contributed by atoms with Crippen molar-refractivity contribution in [2.45, 2.75) is 18.9 Å². The van der Waals surface area contributed by atoms with Gasteiger partial charge in [-0.05, 0) is 11.1 Å². The summed E-state index contributed by atoms with van der Waals surface area (Å²) in [7, 11) is 1.79. The second-order valence-electron chi connectivity index (χ2n) is 5.73. The zero-order valence-electron chi connectivity index (χ0n) is 14.0. The van der Waals surface area contributed by atoms with Gasteiger partial charge in [0.1, 0.15) is 5.60 Å². The van der Waals surface area contributed by atoms with E-state index in [0.717, 1.165) is 19.5 Å². The van der Waals surface area contributed by atoms with Crippen molar-refractivity contribution < 1.29 is 4.74 Å². The minimum Gasteiger partial charge on any atom is -0.368 e. The number of terminal acetylenes is 1. The van der Waals surface area contributed by atoms with Crippen LogP contribution in [-0.2, 0) is 10.3 Å². The summed E-state index contributed by atoms with van der Waals surface area (Å²) in [4.78, 5) is 0.